The van der Waals surface area contributed by atoms with Crippen LogP contribution in [0.3, 0.4) is 0 Å². The van der Waals surface area contributed by atoms with Crippen LogP contribution in [0.1, 0.15) is 18.5 Å². The fourth-order valence-corrected chi connectivity index (χ4v) is 1.53. The predicted octanol–water partition coefficient (Wildman–Crippen LogP) is 1.97. The highest BCUT2D eigenvalue weighted by atomic mass is 19.4. The van der Waals surface area contributed by atoms with E-state index in [0.29, 0.717) is 12.8 Å². The number of hydrogen-bond donors (Lipinski definition) is 1. The molecule has 0 aromatic carbocycles. The van der Waals surface area contributed by atoms with Crippen molar-refractivity contribution in [2.75, 3.05) is 0 Å². The van der Waals surface area contributed by atoms with E-state index in [2.05, 4.69) is 4.98 Å². The summed E-state index contributed by atoms with van der Waals surface area (Å²) in [6, 6.07) is 2.43. The zero-order valence-corrected chi connectivity index (χ0v) is 8.37. The Kier molecular flexibility index (Phi) is 2.75. The van der Waals surface area contributed by atoms with Gasteiger partial charge in [-0.3, -0.25) is 4.98 Å². The van der Waals surface area contributed by atoms with Crippen LogP contribution in [0.4, 0.5) is 13.2 Å². The molecule has 2 N–H and O–H groups in total. The fraction of sp³-hybridized carbons (Fsp3) is 0.500. The van der Waals surface area contributed by atoms with Crippen LogP contribution in [0.25, 0.3) is 0 Å². The lowest BCUT2D eigenvalue weighted by Gasteiger charge is -2.32. The van der Waals surface area contributed by atoms with E-state index in [1.54, 1.807) is 0 Å². The largest absolute Gasteiger partial charge is 0.490 e. The zero-order valence-electron chi connectivity index (χ0n) is 8.37. The second-order valence-electron chi connectivity index (χ2n) is 3.85. The van der Waals surface area contributed by atoms with Gasteiger partial charge in [0.2, 0.25) is 0 Å². The van der Waals surface area contributed by atoms with E-state index >= 15 is 0 Å². The molecule has 1 aliphatic rings. The summed E-state index contributed by atoms with van der Waals surface area (Å²) in [5.41, 5.74) is 4.61. The number of rotatable bonds is 2. The van der Waals surface area contributed by atoms with Crippen LogP contribution < -0.4 is 10.5 Å². The first-order chi connectivity index (χ1) is 7.45. The molecule has 6 heteroatoms. The molecule has 0 saturated heterocycles. The third-order valence-electron chi connectivity index (χ3n) is 2.46. The molecule has 1 heterocycles. The molecular formula is C10H11F3N2O. The molecule has 1 aromatic rings. The summed E-state index contributed by atoms with van der Waals surface area (Å²) in [6.07, 6.45) is -2.04. The molecule has 1 fully saturated rings. The van der Waals surface area contributed by atoms with Crippen LogP contribution in [0, 0.1) is 0 Å². The maximum atomic E-state index is 12.3. The highest BCUT2D eigenvalue weighted by Crippen LogP contribution is 2.31. The number of alkyl halides is 3. The fourth-order valence-electron chi connectivity index (χ4n) is 1.53. The summed E-state index contributed by atoms with van der Waals surface area (Å²) in [7, 11) is 0. The van der Waals surface area contributed by atoms with Crippen molar-refractivity contribution in [1.29, 1.82) is 0 Å². The van der Waals surface area contributed by atoms with Gasteiger partial charge in [-0.25, -0.2) is 0 Å². The Morgan fingerprint density at radius 2 is 2.06 bits per heavy atom. The molecule has 0 spiro atoms. The second-order valence-corrected chi connectivity index (χ2v) is 3.85. The monoisotopic (exact) mass is 232 g/mol. The Labute approximate surface area is 90.4 Å². The molecule has 1 aromatic heterocycles. The minimum atomic E-state index is -4.44. The van der Waals surface area contributed by atoms with E-state index in [4.69, 9.17) is 10.5 Å². The van der Waals surface area contributed by atoms with Crippen LogP contribution in [0.2, 0.25) is 0 Å². The van der Waals surface area contributed by atoms with Crippen molar-refractivity contribution in [2.24, 2.45) is 5.73 Å². The Morgan fingerprint density at radius 1 is 1.38 bits per heavy atom. The van der Waals surface area contributed by atoms with Crippen LogP contribution in [0.15, 0.2) is 18.3 Å². The molecule has 0 atom stereocenters. The van der Waals surface area contributed by atoms with Gasteiger partial charge in [0.1, 0.15) is 17.5 Å². The minimum absolute atomic E-state index is 0.0708. The van der Waals surface area contributed by atoms with E-state index in [0.717, 1.165) is 12.3 Å². The van der Waals surface area contributed by atoms with Crippen molar-refractivity contribution in [3.63, 3.8) is 0 Å². The van der Waals surface area contributed by atoms with Gasteiger partial charge in [-0.15, -0.1) is 0 Å². The number of hydrogen-bond acceptors (Lipinski definition) is 3. The molecule has 2 rings (SSSR count). The Bertz CT molecular complexity index is 375. The van der Waals surface area contributed by atoms with Gasteiger partial charge < -0.3 is 10.5 Å². The normalized spacial score (nSPS) is 25.0. The number of nitrogens with two attached hydrogens (primary N) is 1. The van der Waals surface area contributed by atoms with Gasteiger partial charge in [-0.1, -0.05) is 0 Å². The minimum Gasteiger partial charge on any atom is -0.490 e. The van der Waals surface area contributed by atoms with Crippen molar-refractivity contribution in [2.45, 2.75) is 31.2 Å². The number of pyridine rings is 1. The first-order valence-corrected chi connectivity index (χ1v) is 4.90. The second kappa shape index (κ2) is 3.93. The molecule has 1 aliphatic carbocycles. The maximum Gasteiger partial charge on any atom is 0.433 e. The van der Waals surface area contributed by atoms with Gasteiger partial charge in [-0.2, -0.15) is 13.2 Å². The van der Waals surface area contributed by atoms with Gasteiger partial charge in [0.15, 0.2) is 0 Å². The summed E-state index contributed by atoms with van der Waals surface area (Å²) in [6.45, 7) is 0. The quantitative estimate of drug-likeness (QED) is 0.848. The average molecular weight is 232 g/mol. The molecule has 16 heavy (non-hydrogen) atoms. The van der Waals surface area contributed by atoms with Gasteiger partial charge in [0.05, 0.1) is 0 Å². The molecule has 0 bridgehead atoms. The summed E-state index contributed by atoms with van der Waals surface area (Å²) >= 11 is 0. The van der Waals surface area contributed by atoms with E-state index in [9.17, 15) is 13.2 Å². The molecule has 0 radical (unpaired) electrons. The summed E-state index contributed by atoms with van der Waals surface area (Å²) in [5.74, 6) is 0.194. The predicted molar refractivity (Wildman–Crippen MR) is 50.9 cm³/mol. The van der Waals surface area contributed by atoms with E-state index in [-0.39, 0.29) is 17.9 Å². The highest BCUT2D eigenvalue weighted by Gasteiger charge is 2.33. The SMILES string of the molecule is N[C@H]1C[C@H](Oc2ccnc(C(F)(F)F)c2)C1. The molecular weight excluding hydrogens is 221 g/mol. The lowest BCUT2D eigenvalue weighted by Crippen LogP contribution is -2.43. The van der Waals surface area contributed by atoms with E-state index in [1.807, 2.05) is 0 Å². The third-order valence-corrected chi connectivity index (χ3v) is 2.46. The number of halogens is 3. The summed E-state index contributed by atoms with van der Waals surface area (Å²) in [5, 5.41) is 0. The van der Waals surface area contributed by atoms with E-state index < -0.39 is 11.9 Å². The first kappa shape index (κ1) is 11.2. The molecule has 88 valence electrons. The number of aromatic nitrogens is 1. The molecule has 0 aliphatic heterocycles. The smallest absolute Gasteiger partial charge is 0.433 e. The van der Waals surface area contributed by atoms with Gasteiger partial charge >= 0.3 is 6.18 Å². The van der Waals surface area contributed by atoms with E-state index in [1.165, 1.54) is 6.07 Å². The van der Waals surface area contributed by atoms with Crippen molar-refractivity contribution in [3.8, 4) is 5.75 Å². The Hall–Kier alpha value is -1.30. The Morgan fingerprint density at radius 3 is 2.62 bits per heavy atom. The Balaban J connectivity index is 2.05. The number of nitrogens with zero attached hydrogens (tertiary/aromatic N) is 1. The number of ether oxygens (including phenoxy) is 1. The van der Waals surface area contributed by atoms with Crippen molar-refractivity contribution < 1.29 is 17.9 Å². The van der Waals surface area contributed by atoms with Gasteiger partial charge in [0.25, 0.3) is 0 Å². The lowest BCUT2D eigenvalue weighted by atomic mass is 9.90. The highest BCUT2D eigenvalue weighted by molar-refractivity contribution is 5.24. The summed E-state index contributed by atoms with van der Waals surface area (Å²) < 4.78 is 42.3. The van der Waals surface area contributed by atoms with Crippen LogP contribution in [-0.4, -0.2) is 17.1 Å². The first-order valence-electron chi connectivity index (χ1n) is 4.90. The molecule has 0 amide bonds. The lowest BCUT2D eigenvalue weighted by molar-refractivity contribution is -0.141. The van der Waals surface area contributed by atoms with Crippen molar-refractivity contribution in [1.82, 2.24) is 4.98 Å². The van der Waals surface area contributed by atoms with Crippen molar-refractivity contribution in [3.05, 3.63) is 24.0 Å². The van der Waals surface area contributed by atoms with Crippen LogP contribution in [0.5, 0.6) is 5.75 Å². The average Bonchev–Trinajstić information content (AvgIpc) is 2.14. The molecule has 3 nitrogen and oxygen atoms in total. The van der Waals surface area contributed by atoms with Crippen LogP contribution >= 0.6 is 0 Å². The molecule has 1 saturated carbocycles. The summed E-state index contributed by atoms with van der Waals surface area (Å²) in [4.78, 5) is 3.25. The van der Waals surface area contributed by atoms with Gasteiger partial charge in [-0.05, 0) is 18.9 Å². The zero-order chi connectivity index (χ0) is 11.8. The topological polar surface area (TPSA) is 48.1 Å². The van der Waals surface area contributed by atoms with Crippen LogP contribution in [-0.2, 0) is 6.18 Å². The van der Waals surface area contributed by atoms with Crippen molar-refractivity contribution >= 4 is 0 Å². The third kappa shape index (κ3) is 2.44. The maximum absolute atomic E-state index is 12.3. The molecule has 0 unspecified atom stereocenters. The van der Waals surface area contributed by atoms with Gasteiger partial charge in [0, 0.05) is 18.3 Å². The standard InChI is InChI=1S/C10H11F3N2O/c11-10(12,13)9-5-7(1-2-15-9)16-8-3-6(14)4-8/h1-2,5-6,8H,3-4,14H2/t6-,8-.